The summed E-state index contributed by atoms with van der Waals surface area (Å²) in [6, 6.07) is 5.50. The van der Waals surface area contributed by atoms with Gasteiger partial charge in [-0.1, -0.05) is 5.92 Å². The predicted molar refractivity (Wildman–Crippen MR) is 142 cm³/mol. The lowest BCUT2D eigenvalue weighted by Gasteiger charge is -2.15. The normalized spacial score (nSPS) is 15.3. The lowest BCUT2D eigenvalue weighted by molar-refractivity contribution is -0.138. The third-order valence-corrected chi connectivity index (χ3v) is 6.86. The van der Waals surface area contributed by atoms with Gasteiger partial charge in [0.1, 0.15) is 11.6 Å². The highest BCUT2D eigenvalue weighted by Crippen LogP contribution is 2.40. The topological polar surface area (TPSA) is 119 Å². The number of imidazole rings is 1. The second-order valence-electron chi connectivity index (χ2n) is 9.60. The molecule has 0 saturated carbocycles. The van der Waals surface area contributed by atoms with Crippen LogP contribution < -0.4 is 11.1 Å². The maximum absolute atomic E-state index is 14.4. The van der Waals surface area contributed by atoms with Crippen LogP contribution in [0, 0.1) is 11.8 Å². The number of amides is 2. The van der Waals surface area contributed by atoms with Crippen LogP contribution in [0.1, 0.15) is 46.4 Å². The molecule has 1 saturated heterocycles. The average Bonchev–Trinajstić information content (AvgIpc) is 3.58. The average molecular weight is 602 g/mol. The highest BCUT2D eigenvalue weighted by Gasteiger charge is 2.37. The number of nitrogen functional groups attached to an aromatic ring is 1. The van der Waals surface area contributed by atoms with Crippen molar-refractivity contribution in [3.8, 4) is 23.2 Å². The van der Waals surface area contributed by atoms with Crippen molar-refractivity contribution >= 4 is 29.1 Å². The van der Waals surface area contributed by atoms with Crippen LogP contribution in [0.4, 0.5) is 38.1 Å². The van der Waals surface area contributed by atoms with Crippen molar-refractivity contribution in [1.29, 1.82) is 0 Å². The first-order chi connectivity index (χ1) is 20.3. The zero-order chi connectivity index (χ0) is 31.1. The molecule has 222 valence electrons. The molecule has 43 heavy (non-hydrogen) atoms. The quantitative estimate of drug-likeness (QED) is 0.251. The minimum atomic E-state index is -4.97. The summed E-state index contributed by atoms with van der Waals surface area (Å²) in [5.74, 6) is 2.39. The molecule has 1 atom stereocenters. The molecule has 5 rings (SSSR count). The highest BCUT2D eigenvalue weighted by atomic mass is 19.4. The van der Waals surface area contributed by atoms with Crippen molar-refractivity contribution in [1.82, 2.24) is 24.3 Å². The largest absolute Gasteiger partial charge is 0.417 e. The smallest absolute Gasteiger partial charge is 0.369 e. The maximum atomic E-state index is 14.4. The number of hydrogen-bond donors (Lipinski definition) is 2. The summed E-state index contributed by atoms with van der Waals surface area (Å²) in [4.78, 5) is 38.8. The van der Waals surface area contributed by atoms with Gasteiger partial charge in [0.2, 0.25) is 5.95 Å². The number of fused-ring (bicyclic) bond motifs is 1. The van der Waals surface area contributed by atoms with Crippen molar-refractivity contribution in [2.24, 2.45) is 0 Å². The summed E-state index contributed by atoms with van der Waals surface area (Å²) < 4.78 is 83.6. The van der Waals surface area contributed by atoms with E-state index in [0.29, 0.717) is 42.4 Å². The van der Waals surface area contributed by atoms with E-state index in [4.69, 9.17) is 5.73 Å². The second-order valence-corrected chi connectivity index (χ2v) is 9.60. The molecule has 4 heterocycles. The highest BCUT2D eigenvalue weighted by molar-refractivity contribution is 6.04. The monoisotopic (exact) mass is 601 g/mol. The number of halogens is 6. The van der Waals surface area contributed by atoms with E-state index < -0.39 is 46.3 Å². The lowest BCUT2D eigenvalue weighted by Crippen LogP contribution is -2.26. The Morgan fingerprint density at radius 3 is 2.47 bits per heavy atom. The van der Waals surface area contributed by atoms with Gasteiger partial charge in [0, 0.05) is 42.5 Å². The van der Waals surface area contributed by atoms with E-state index in [1.165, 1.54) is 22.4 Å². The minimum Gasteiger partial charge on any atom is -0.369 e. The van der Waals surface area contributed by atoms with Crippen LogP contribution in [0.2, 0.25) is 0 Å². The molecule has 0 bridgehead atoms. The number of aromatic nitrogens is 4. The van der Waals surface area contributed by atoms with Gasteiger partial charge in [-0.2, -0.15) is 26.3 Å². The molecule has 1 fully saturated rings. The summed E-state index contributed by atoms with van der Waals surface area (Å²) in [5, 5.41) is 2.10. The SMILES string of the molecule is CC#CC(=O)N1CCC(c2nc(-c3ccc(C(=O)Nc4cc(C(F)(F)F)ccn4)cc3C(F)(F)F)n3c(N)nccc23)C1. The summed E-state index contributed by atoms with van der Waals surface area (Å²) >= 11 is 0. The molecule has 0 spiro atoms. The van der Waals surface area contributed by atoms with Crippen LogP contribution in [0.15, 0.2) is 48.8 Å². The van der Waals surface area contributed by atoms with Crippen LogP contribution >= 0.6 is 0 Å². The third kappa shape index (κ3) is 5.81. The van der Waals surface area contributed by atoms with E-state index in [-0.39, 0.29) is 30.1 Å². The standard InChI is InChI=1S/C28H21F6N7O2/c1-2-3-22(42)40-11-8-16(14-40)23-20-7-10-37-26(35)41(20)24(39-23)18-5-4-15(12-19(18)28(32,33)34)25(43)38-21-13-17(6-9-36-21)27(29,30)31/h4-7,9-10,12-13,16H,8,11,14H2,1H3,(H2,35,37)(H,36,38,43). The van der Waals surface area contributed by atoms with E-state index >= 15 is 0 Å². The van der Waals surface area contributed by atoms with Crippen molar-refractivity contribution in [2.45, 2.75) is 31.6 Å². The number of carbonyl (C=O) groups excluding carboxylic acids is 2. The molecule has 1 unspecified atom stereocenters. The number of hydrogen-bond acceptors (Lipinski definition) is 6. The summed E-state index contributed by atoms with van der Waals surface area (Å²) in [7, 11) is 0. The number of nitrogens with one attached hydrogen (secondary N) is 1. The first kappa shape index (κ1) is 29.4. The fraction of sp³-hybridized carbons (Fsp3) is 0.250. The molecule has 3 aromatic heterocycles. The molecule has 9 nitrogen and oxygen atoms in total. The fourth-order valence-electron chi connectivity index (χ4n) is 4.90. The van der Waals surface area contributed by atoms with Gasteiger partial charge in [0.05, 0.1) is 22.3 Å². The number of nitrogens with zero attached hydrogens (tertiary/aromatic N) is 5. The Bertz CT molecular complexity index is 1800. The Morgan fingerprint density at radius 1 is 1.02 bits per heavy atom. The molecule has 3 N–H and O–H groups in total. The van der Waals surface area contributed by atoms with E-state index in [0.717, 1.165) is 18.3 Å². The minimum absolute atomic E-state index is 0.139. The fourth-order valence-corrected chi connectivity index (χ4v) is 4.90. The molecule has 4 aromatic rings. The predicted octanol–water partition coefficient (Wildman–Crippen LogP) is 5.00. The number of pyridine rings is 1. The zero-order valence-corrected chi connectivity index (χ0v) is 22.2. The van der Waals surface area contributed by atoms with Gasteiger partial charge in [-0.3, -0.25) is 14.0 Å². The van der Waals surface area contributed by atoms with Crippen LogP contribution in [-0.2, 0) is 17.1 Å². The van der Waals surface area contributed by atoms with Crippen molar-refractivity contribution in [2.75, 3.05) is 24.1 Å². The lowest BCUT2D eigenvalue weighted by atomic mass is 10.0. The molecule has 0 radical (unpaired) electrons. The third-order valence-electron chi connectivity index (χ3n) is 6.86. The van der Waals surface area contributed by atoms with Gasteiger partial charge in [-0.25, -0.2) is 15.0 Å². The second kappa shape index (κ2) is 10.9. The van der Waals surface area contributed by atoms with Gasteiger partial charge >= 0.3 is 12.4 Å². The molecule has 1 aliphatic rings. The van der Waals surface area contributed by atoms with Gasteiger partial charge < -0.3 is 16.0 Å². The van der Waals surface area contributed by atoms with Crippen LogP contribution in [0.5, 0.6) is 0 Å². The number of carbonyl (C=O) groups is 2. The van der Waals surface area contributed by atoms with E-state index in [1.54, 1.807) is 6.07 Å². The van der Waals surface area contributed by atoms with Crippen molar-refractivity contribution < 1.29 is 35.9 Å². The summed E-state index contributed by atoms with van der Waals surface area (Å²) in [5.41, 5.74) is 3.67. The maximum Gasteiger partial charge on any atom is 0.417 e. The first-order valence-corrected chi connectivity index (χ1v) is 12.7. The molecular formula is C28H21F6N7O2. The Morgan fingerprint density at radius 2 is 1.77 bits per heavy atom. The van der Waals surface area contributed by atoms with Crippen LogP contribution in [0.3, 0.4) is 0 Å². The van der Waals surface area contributed by atoms with Crippen LogP contribution in [0.25, 0.3) is 16.9 Å². The van der Waals surface area contributed by atoms with E-state index in [2.05, 4.69) is 32.1 Å². The molecule has 15 heteroatoms. The first-order valence-electron chi connectivity index (χ1n) is 12.7. The summed E-state index contributed by atoms with van der Waals surface area (Å²) in [6.45, 7) is 2.16. The Balaban J connectivity index is 1.55. The number of likely N-dealkylation sites (tertiary alicyclic amines) is 1. The Kier molecular flexibility index (Phi) is 7.47. The Labute approximate surface area is 239 Å². The van der Waals surface area contributed by atoms with Crippen molar-refractivity contribution in [3.05, 3.63) is 71.2 Å². The molecule has 2 amide bonds. The van der Waals surface area contributed by atoms with Gasteiger partial charge in [-0.15, -0.1) is 0 Å². The number of nitrogens with two attached hydrogens (primary N) is 1. The van der Waals surface area contributed by atoms with Crippen molar-refractivity contribution in [3.63, 3.8) is 0 Å². The van der Waals surface area contributed by atoms with Gasteiger partial charge in [0.15, 0.2) is 0 Å². The van der Waals surface area contributed by atoms with Gasteiger partial charge in [-0.05, 0) is 55.7 Å². The Hall–Kier alpha value is -5.13. The van der Waals surface area contributed by atoms with Gasteiger partial charge in [0.25, 0.3) is 11.8 Å². The number of alkyl halides is 6. The number of rotatable bonds is 4. The number of anilines is 2. The molecule has 1 aliphatic heterocycles. The van der Waals surface area contributed by atoms with E-state index in [9.17, 15) is 35.9 Å². The molecule has 1 aromatic carbocycles. The molecule has 0 aliphatic carbocycles. The summed E-state index contributed by atoms with van der Waals surface area (Å²) in [6.07, 6.45) is -7.00. The number of benzene rings is 1. The zero-order valence-electron chi connectivity index (χ0n) is 22.2. The van der Waals surface area contributed by atoms with E-state index in [1.807, 2.05) is 0 Å². The molecular weight excluding hydrogens is 580 g/mol. The van der Waals surface area contributed by atoms with Crippen LogP contribution in [-0.4, -0.2) is 49.2 Å².